The fourth-order valence-corrected chi connectivity index (χ4v) is 4.50. The Morgan fingerprint density at radius 3 is 2.69 bits per heavy atom. The lowest BCUT2D eigenvalue weighted by Gasteiger charge is -2.17. The summed E-state index contributed by atoms with van der Waals surface area (Å²) in [5.41, 5.74) is -0.209. The quantitative estimate of drug-likeness (QED) is 0.389. The smallest absolute Gasteiger partial charge is 0.342 e. The van der Waals surface area contributed by atoms with E-state index in [4.69, 9.17) is 21.1 Å². The van der Waals surface area contributed by atoms with Crippen molar-refractivity contribution in [3.8, 4) is 11.5 Å². The molecular formula is C20H21ClO7S. The fourth-order valence-electron chi connectivity index (χ4n) is 3.34. The average Bonchev–Trinajstić information content (AvgIpc) is 3.36. The second-order valence-corrected chi connectivity index (χ2v) is 8.83. The number of phenols is 2. The van der Waals surface area contributed by atoms with Crippen LogP contribution < -0.4 is 0 Å². The van der Waals surface area contributed by atoms with E-state index in [1.165, 1.54) is 6.92 Å². The van der Waals surface area contributed by atoms with Crippen molar-refractivity contribution in [2.45, 2.75) is 56.7 Å². The van der Waals surface area contributed by atoms with Gasteiger partial charge < -0.3 is 19.7 Å². The molecule has 156 valence electrons. The molecule has 1 fully saturated rings. The molecule has 0 aromatic heterocycles. The van der Waals surface area contributed by atoms with Gasteiger partial charge in [-0.05, 0) is 6.92 Å². The molecule has 0 aliphatic carbocycles. The van der Waals surface area contributed by atoms with Gasteiger partial charge in [0.2, 0.25) is 0 Å². The summed E-state index contributed by atoms with van der Waals surface area (Å²) in [4.78, 5) is 36.7. The number of ether oxygens (including phenoxy) is 2. The number of thioether (sulfide) groups is 1. The van der Waals surface area contributed by atoms with Gasteiger partial charge in [-0.2, -0.15) is 0 Å². The highest BCUT2D eigenvalue weighted by atomic mass is 35.5. The largest absolute Gasteiger partial charge is 0.507 e. The molecule has 2 heterocycles. The summed E-state index contributed by atoms with van der Waals surface area (Å²) in [6.07, 6.45) is 2.69. The van der Waals surface area contributed by atoms with Gasteiger partial charge in [-0.25, -0.2) is 4.79 Å². The van der Waals surface area contributed by atoms with Gasteiger partial charge in [0, 0.05) is 37.8 Å². The fraction of sp³-hybridized carbons (Fsp3) is 0.450. The van der Waals surface area contributed by atoms with Gasteiger partial charge in [0.1, 0.15) is 35.1 Å². The normalized spacial score (nSPS) is 28.5. The van der Waals surface area contributed by atoms with Crippen molar-refractivity contribution in [2.24, 2.45) is 0 Å². The maximum absolute atomic E-state index is 12.7. The molecule has 3 rings (SSSR count). The summed E-state index contributed by atoms with van der Waals surface area (Å²) in [6, 6.07) is 0.949. The SMILES string of the molecule is CC(=O)S[C@@H]1/C=C\CC(=O)Cc2c(Cl)c(O)cc(O)c2C(=O)O[C@H](C)C[C@H]2O[C@@H]21. The van der Waals surface area contributed by atoms with Crippen molar-refractivity contribution < 1.29 is 34.1 Å². The third-order valence-corrected chi connectivity index (χ3v) is 6.14. The number of carbonyl (C=O) groups excluding carboxylic acids is 3. The van der Waals surface area contributed by atoms with Crippen molar-refractivity contribution in [2.75, 3.05) is 0 Å². The number of hydrogen-bond donors (Lipinski definition) is 2. The van der Waals surface area contributed by atoms with E-state index in [9.17, 15) is 24.6 Å². The van der Waals surface area contributed by atoms with Crippen LogP contribution in [0.25, 0.3) is 0 Å². The molecule has 0 spiro atoms. The first-order chi connectivity index (χ1) is 13.7. The van der Waals surface area contributed by atoms with Crippen molar-refractivity contribution in [1.29, 1.82) is 0 Å². The molecule has 9 heteroatoms. The minimum atomic E-state index is -0.834. The van der Waals surface area contributed by atoms with E-state index in [2.05, 4.69) is 0 Å². The van der Waals surface area contributed by atoms with E-state index in [1.807, 2.05) is 0 Å². The maximum Gasteiger partial charge on any atom is 0.342 e. The van der Waals surface area contributed by atoms with E-state index >= 15 is 0 Å². The lowest BCUT2D eigenvalue weighted by Crippen LogP contribution is -2.21. The van der Waals surface area contributed by atoms with E-state index in [0.29, 0.717) is 6.42 Å². The molecule has 2 aliphatic heterocycles. The molecule has 29 heavy (non-hydrogen) atoms. The van der Waals surface area contributed by atoms with E-state index in [1.54, 1.807) is 19.1 Å². The second kappa shape index (κ2) is 8.77. The zero-order chi connectivity index (χ0) is 21.3. The molecule has 0 saturated carbocycles. The average molecular weight is 441 g/mol. The number of epoxide rings is 1. The number of phenolic OH excluding ortho intramolecular Hbond substituents is 2. The van der Waals surface area contributed by atoms with Crippen LogP contribution in [-0.2, 0) is 25.5 Å². The Balaban J connectivity index is 1.95. The summed E-state index contributed by atoms with van der Waals surface area (Å²) in [7, 11) is 0. The Kier molecular flexibility index (Phi) is 6.55. The van der Waals surface area contributed by atoms with Crippen LogP contribution in [0.5, 0.6) is 11.5 Å². The lowest BCUT2D eigenvalue weighted by molar-refractivity contribution is -0.117. The van der Waals surface area contributed by atoms with Gasteiger partial charge in [0.05, 0.1) is 16.4 Å². The third-order valence-electron chi connectivity index (χ3n) is 4.69. The number of Topliss-reactive ketones (excluding diaryl/α,β-unsaturated/α-hetero) is 1. The molecule has 1 aromatic rings. The van der Waals surface area contributed by atoms with Crippen LogP contribution in [0.3, 0.4) is 0 Å². The number of cyclic esters (lactones) is 1. The number of allylic oxidation sites excluding steroid dienone is 1. The first-order valence-corrected chi connectivity index (χ1v) is 10.4. The van der Waals surface area contributed by atoms with Gasteiger partial charge in [0.15, 0.2) is 5.12 Å². The molecule has 0 bridgehead atoms. The number of carbonyl (C=O) groups is 3. The van der Waals surface area contributed by atoms with Crippen molar-refractivity contribution in [3.05, 3.63) is 34.4 Å². The predicted molar refractivity (Wildman–Crippen MR) is 107 cm³/mol. The topological polar surface area (TPSA) is 113 Å². The Labute approximate surface area is 177 Å². The monoisotopic (exact) mass is 440 g/mol. The summed E-state index contributed by atoms with van der Waals surface area (Å²) in [5, 5.41) is 19.6. The van der Waals surface area contributed by atoms with Crippen LogP contribution in [0.1, 0.15) is 42.6 Å². The summed E-state index contributed by atoms with van der Waals surface area (Å²) in [6.45, 7) is 3.16. The number of rotatable bonds is 1. The summed E-state index contributed by atoms with van der Waals surface area (Å²) in [5.74, 6) is -2.06. The molecular weight excluding hydrogens is 420 g/mol. The van der Waals surface area contributed by atoms with Crippen molar-refractivity contribution >= 4 is 40.2 Å². The van der Waals surface area contributed by atoms with Crippen LogP contribution in [0, 0.1) is 0 Å². The van der Waals surface area contributed by atoms with Gasteiger partial charge in [-0.15, -0.1) is 0 Å². The van der Waals surface area contributed by atoms with Crippen LogP contribution in [0.2, 0.25) is 5.02 Å². The number of hydrogen-bond acceptors (Lipinski definition) is 8. The Hall–Kier alpha value is -2.03. The van der Waals surface area contributed by atoms with Crippen molar-refractivity contribution in [1.82, 2.24) is 0 Å². The standard InChI is InChI=1S/C20H21ClO7S/c1-9-6-15-19(28-15)16(29-10(2)22)5-3-4-11(23)7-12-17(20(26)27-9)13(24)8-14(25)18(12)21/h3,5,8-9,15-16,19,24-25H,4,6-7H2,1-2H3/b5-3-/t9-,15-,16-,19+/m1/s1. The first kappa shape index (κ1) is 21.7. The third kappa shape index (κ3) is 5.12. The van der Waals surface area contributed by atoms with E-state index < -0.39 is 23.6 Å². The van der Waals surface area contributed by atoms with Crippen LogP contribution in [-0.4, -0.2) is 50.6 Å². The van der Waals surface area contributed by atoms with Crippen molar-refractivity contribution in [3.63, 3.8) is 0 Å². The molecule has 2 N–H and O–H groups in total. The minimum absolute atomic E-state index is 0.0204. The van der Waals surface area contributed by atoms with E-state index in [0.717, 1.165) is 17.8 Å². The number of benzene rings is 1. The summed E-state index contributed by atoms with van der Waals surface area (Å²) >= 11 is 7.24. The number of halogens is 1. The number of aromatic hydroxyl groups is 2. The van der Waals surface area contributed by atoms with Crippen LogP contribution in [0.15, 0.2) is 18.2 Å². The minimum Gasteiger partial charge on any atom is -0.507 e. The zero-order valence-corrected chi connectivity index (χ0v) is 17.5. The Morgan fingerprint density at radius 1 is 1.28 bits per heavy atom. The lowest BCUT2D eigenvalue weighted by atomic mass is 9.98. The van der Waals surface area contributed by atoms with E-state index in [-0.39, 0.29) is 57.3 Å². The molecule has 0 unspecified atom stereocenters. The first-order valence-electron chi connectivity index (χ1n) is 9.12. The zero-order valence-electron chi connectivity index (χ0n) is 15.9. The molecule has 4 atom stereocenters. The molecule has 0 amide bonds. The molecule has 1 saturated heterocycles. The Morgan fingerprint density at radius 2 is 2.00 bits per heavy atom. The number of ketones is 1. The van der Waals surface area contributed by atoms with Gasteiger partial charge >= 0.3 is 5.97 Å². The maximum atomic E-state index is 12.7. The number of fused-ring (bicyclic) bond motifs is 2. The van der Waals surface area contributed by atoms with Gasteiger partial charge in [-0.1, -0.05) is 35.5 Å². The number of esters is 1. The molecule has 7 nitrogen and oxygen atoms in total. The second-order valence-electron chi connectivity index (χ2n) is 7.09. The van der Waals surface area contributed by atoms with Gasteiger partial charge in [-0.3, -0.25) is 9.59 Å². The molecule has 0 radical (unpaired) electrons. The highest BCUT2D eigenvalue weighted by Gasteiger charge is 2.45. The van der Waals surface area contributed by atoms with Crippen LogP contribution >= 0.6 is 23.4 Å². The van der Waals surface area contributed by atoms with Gasteiger partial charge in [0.25, 0.3) is 0 Å². The van der Waals surface area contributed by atoms with Crippen LogP contribution in [0.4, 0.5) is 0 Å². The highest BCUT2D eigenvalue weighted by Crippen LogP contribution is 2.39. The Bertz CT molecular complexity index is 882. The summed E-state index contributed by atoms with van der Waals surface area (Å²) < 4.78 is 11.1. The predicted octanol–water partition coefficient (Wildman–Crippen LogP) is 3.17. The molecule has 2 aliphatic rings. The molecule has 1 aromatic carbocycles. The highest BCUT2D eigenvalue weighted by molar-refractivity contribution is 8.14.